The number of nitrogen functional groups attached to an aromatic ring is 1. The van der Waals surface area contributed by atoms with Crippen molar-refractivity contribution in [2.24, 2.45) is 0 Å². The van der Waals surface area contributed by atoms with Gasteiger partial charge >= 0.3 is 0 Å². The molecule has 6 nitrogen and oxygen atoms in total. The maximum atomic E-state index is 12.1. The van der Waals surface area contributed by atoms with E-state index in [1.807, 2.05) is 24.3 Å². The molecule has 6 heteroatoms. The molecule has 0 atom stereocenters. The summed E-state index contributed by atoms with van der Waals surface area (Å²) in [6.07, 6.45) is 0.949. The number of hydrogen-bond donors (Lipinski definition) is 2. The number of carbonyl (C=O) groups is 1. The summed E-state index contributed by atoms with van der Waals surface area (Å²) in [7, 11) is 1.57. The van der Waals surface area contributed by atoms with Crippen molar-refractivity contribution in [3.63, 3.8) is 0 Å². The summed E-state index contributed by atoms with van der Waals surface area (Å²) in [5, 5.41) is 2.61. The first kappa shape index (κ1) is 15.8. The third kappa shape index (κ3) is 3.33. The lowest BCUT2D eigenvalue weighted by atomic mass is 10.0. The second kappa shape index (κ2) is 6.89. The summed E-state index contributed by atoms with van der Waals surface area (Å²) in [5.74, 6) is 0.691. The van der Waals surface area contributed by atoms with Gasteiger partial charge in [-0.25, -0.2) is 9.97 Å². The Hall–Kier alpha value is -2.63. The first-order chi connectivity index (χ1) is 10.6. The average Bonchev–Trinajstić information content (AvgIpc) is 2.52. The Kier molecular flexibility index (Phi) is 4.93. The largest absolute Gasteiger partial charge is 0.494 e. The molecule has 1 heterocycles. The van der Waals surface area contributed by atoms with Gasteiger partial charge in [-0.2, -0.15) is 0 Å². The summed E-state index contributed by atoms with van der Waals surface area (Å²) >= 11 is 0. The van der Waals surface area contributed by atoms with E-state index >= 15 is 0 Å². The van der Waals surface area contributed by atoms with E-state index in [1.54, 1.807) is 14.0 Å². The van der Waals surface area contributed by atoms with E-state index in [1.165, 1.54) is 0 Å². The average molecular weight is 300 g/mol. The number of nitrogens with zero attached hydrogens (tertiary/aromatic N) is 2. The molecule has 116 valence electrons. The third-order valence-corrected chi connectivity index (χ3v) is 3.16. The van der Waals surface area contributed by atoms with Gasteiger partial charge in [0, 0.05) is 12.6 Å². The maximum Gasteiger partial charge on any atom is 0.255 e. The van der Waals surface area contributed by atoms with Crippen LogP contribution in [0.5, 0.6) is 5.75 Å². The van der Waals surface area contributed by atoms with E-state index in [2.05, 4.69) is 22.2 Å². The van der Waals surface area contributed by atoms with Crippen LogP contribution in [0.25, 0.3) is 11.3 Å². The van der Waals surface area contributed by atoms with Crippen LogP contribution in [0, 0.1) is 6.92 Å². The lowest BCUT2D eigenvalue weighted by Gasteiger charge is -2.12. The molecule has 0 aliphatic rings. The molecular weight excluding hydrogens is 280 g/mol. The summed E-state index contributed by atoms with van der Waals surface area (Å²) in [6, 6.07) is 7.43. The third-order valence-electron chi connectivity index (χ3n) is 3.16. The van der Waals surface area contributed by atoms with Gasteiger partial charge in [0.2, 0.25) is 5.95 Å². The number of aryl methyl sites for hydroxylation is 1. The van der Waals surface area contributed by atoms with Crippen LogP contribution in [0.1, 0.15) is 29.4 Å². The van der Waals surface area contributed by atoms with E-state index in [0.717, 1.165) is 17.7 Å². The maximum absolute atomic E-state index is 12.1. The first-order valence-corrected chi connectivity index (χ1v) is 7.16. The van der Waals surface area contributed by atoms with Crippen LogP contribution in [0.3, 0.4) is 0 Å². The number of rotatable bonds is 5. The van der Waals surface area contributed by atoms with Crippen molar-refractivity contribution in [3.8, 4) is 17.0 Å². The molecule has 0 aliphatic carbocycles. The van der Waals surface area contributed by atoms with Gasteiger partial charge in [0.15, 0.2) is 0 Å². The minimum absolute atomic E-state index is 0.145. The Morgan fingerprint density at radius 3 is 2.55 bits per heavy atom. The molecule has 0 aliphatic heterocycles. The van der Waals surface area contributed by atoms with E-state index in [9.17, 15) is 4.79 Å². The van der Waals surface area contributed by atoms with Gasteiger partial charge in [-0.15, -0.1) is 0 Å². The Balaban J connectivity index is 2.45. The fraction of sp³-hybridized carbons (Fsp3) is 0.312. The molecule has 1 amide bonds. The summed E-state index contributed by atoms with van der Waals surface area (Å²) in [4.78, 5) is 20.4. The molecule has 3 N–H and O–H groups in total. The van der Waals surface area contributed by atoms with Gasteiger partial charge in [0.05, 0.1) is 23.6 Å². The zero-order chi connectivity index (χ0) is 16.1. The molecule has 0 unspecified atom stereocenters. The number of anilines is 1. The molecule has 1 aromatic carbocycles. The molecule has 0 spiro atoms. The van der Waals surface area contributed by atoms with Crippen molar-refractivity contribution in [3.05, 3.63) is 35.5 Å². The van der Waals surface area contributed by atoms with E-state index < -0.39 is 0 Å². The Morgan fingerprint density at radius 1 is 1.27 bits per heavy atom. The van der Waals surface area contributed by atoms with Crippen molar-refractivity contribution >= 4 is 11.9 Å². The summed E-state index contributed by atoms with van der Waals surface area (Å²) in [6.45, 7) is 4.46. The fourth-order valence-electron chi connectivity index (χ4n) is 2.13. The summed E-state index contributed by atoms with van der Waals surface area (Å²) in [5.41, 5.74) is 8.01. The molecular formula is C16H20N4O2. The number of aromatic nitrogens is 2. The van der Waals surface area contributed by atoms with Crippen molar-refractivity contribution in [1.82, 2.24) is 15.3 Å². The van der Waals surface area contributed by atoms with Crippen LogP contribution in [-0.4, -0.2) is 29.5 Å². The molecule has 0 radical (unpaired) electrons. The highest BCUT2D eigenvalue weighted by atomic mass is 16.5. The van der Waals surface area contributed by atoms with Gasteiger partial charge in [-0.05, 0) is 37.6 Å². The molecule has 0 bridgehead atoms. The Bertz CT molecular complexity index is 669. The van der Waals surface area contributed by atoms with Crippen LogP contribution in [0.4, 0.5) is 5.95 Å². The highest BCUT2D eigenvalue weighted by molar-refractivity contribution is 6.00. The monoisotopic (exact) mass is 300 g/mol. The number of benzene rings is 1. The number of hydrogen-bond acceptors (Lipinski definition) is 5. The van der Waals surface area contributed by atoms with Crippen molar-refractivity contribution in [2.45, 2.75) is 20.3 Å². The van der Waals surface area contributed by atoms with Crippen LogP contribution in [0.2, 0.25) is 0 Å². The van der Waals surface area contributed by atoms with Crippen LogP contribution in [0.15, 0.2) is 24.3 Å². The molecule has 0 saturated carbocycles. The minimum atomic E-state index is -0.237. The van der Waals surface area contributed by atoms with Gasteiger partial charge in [0.1, 0.15) is 5.75 Å². The fourth-order valence-corrected chi connectivity index (χ4v) is 2.13. The van der Waals surface area contributed by atoms with Gasteiger partial charge in [0.25, 0.3) is 5.91 Å². The zero-order valence-corrected chi connectivity index (χ0v) is 13.0. The van der Waals surface area contributed by atoms with E-state index in [4.69, 9.17) is 10.5 Å². The summed E-state index contributed by atoms with van der Waals surface area (Å²) < 4.78 is 5.56. The minimum Gasteiger partial charge on any atom is -0.494 e. The number of nitrogens with one attached hydrogen (secondary N) is 1. The van der Waals surface area contributed by atoms with Gasteiger partial charge in [-0.1, -0.05) is 6.92 Å². The number of nitrogens with two attached hydrogens (primary N) is 1. The molecule has 0 fully saturated rings. The lowest BCUT2D eigenvalue weighted by Crippen LogP contribution is -2.21. The quantitative estimate of drug-likeness (QED) is 0.883. The van der Waals surface area contributed by atoms with Crippen LogP contribution in [-0.2, 0) is 0 Å². The Labute approximate surface area is 129 Å². The van der Waals surface area contributed by atoms with Crippen LogP contribution >= 0.6 is 0 Å². The molecule has 1 aromatic heterocycles. The van der Waals surface area contributed by atoms with Crippen molar-refractivity contribution < 1.29 is 9.53 Å². The number of ether oxygens (including phenoxy) is 1. The SMILES string of the molecule is CCCOc1ccc(-c2nc(N)nc(C)c2C(=O)NC)cc1. The highest BCUT2D eigenvalue weighted by Crippen LogP contribution is 2.26. The molecule has 0 saturated heterocycles. The lowest BCUT2D eigenvalue weighted by molar-refractivity contribution is 0.0962. The van der Waals surface area contributed by atoms with E-state index in [-0.39, 0.29) is 11.9 Å². The van der Waals surface area contributed by atoms with E-state index in [0.29, 0.717) is 23.6 Å². The molecule has 2 rings (SSSR count). The smallest absolute Gasteiger partial charge is 0.255 e. The second-order valence-corrected chi connectivity index (χ2v) is 4.84. The van der Waals surface area contributed by atoms with Gasteiger partial charge < -0.3 is 15.8 Å². The van der Waals surface area contributed by atoms with Crippen molar-refractivity contribution in [2.75, 3.05) is 19.4 Å². The van der Waals surface area contributed by atoms with Gasteiger partial charge in [-0.3, -0.25) is 4.79 Å². The second-order valence-electron chi connectivity index (χ2n) is 4.84. The predicted molar refractivity (Wildman–Crippen MR) is 85.8 cm³/mol. The predicted octanol–water partition coefficient (Wildman–Crippen LogP) is 2.18. The number of carbonyl (C=O) groups excluding carboxylic acids is 1. The van der Waals surface area contributed by atoms with Crippen molar-refractivity contribution in [1.29, 1.82) is 0 Å². The highest BCUT2D eigenvalue weighted by Gasteiger charge is 2.18. The molecule has 2 aromatic rings. The van der Waals surface area contributed by atoms with Crippen LogP contribution < -0.4 is 15.8 Å². The molecule has 22 heavy (non-hydrogen) atoms. The zero-order valence-electron chi connectivity index (χ0n) is 13.0. The normalized spacial score (nSPS) is 10.3. The first-order valence-electron chi connectivity index (χ1n) is 7.16. The Morgan fingerprint density at radius 2 is 1.95 bits per heavy atom. The standard InChI is InChI=1S/C16H20N4O2/c1-4-9-22-12-7-5-11(6-8-12)14-13(15(21)18-3)10(2)19-16(17)20-14/h5-8H,4,9H2,1-3H3,(H,18,21)(H2,17,19,20). The topological polar surface area (TPSA) is 90.1 Å². The number of amides is 1.